The number of aliphatic hydroxyl groups excluding tert-OH is 1. The Kier molecular flexibility index (Phi) is 7.40. The molecule has 0 aliphatic carbocycles. The first kappa shape index (κ1) is 15.5. The Bertz CT molecular complexity index is 316. The summed E-state index contributed by atoms with van der Waals surface area (Å²) in [6, 6.07) is 9.95. The van der Waals surface area contributed by atoms with Crippen molar-refractivity contribution >= 4 is 11.8 Å². The number of nitrogens with two attached hydrogens (primary N) is 1. The normalized spacial score (nSPS) is 14.7. The van der Waals surface area contributed by atoms with Gasteiger partial charge in [0.15, 0.2) is 0 Å². The minimum atomic E-state index is -0.414. The van der Waals surface area contributed by atoms with Crippen LogP contribution in [0.4, 0.5) is 0 Å². The lowest BCUT2D eigenvalue weighted by molar-refractivity contribution is 0.167. The van der Waals surface area contributed by atoms with Gasteiger partial charge in [-0.2, -0.15) is 11.8 Å². The van der Waals surface area contributed by atoms with E-state index in [1.807, 2.05) is 18.2 Å². The summed E-state index contributed by atoms with van der Waals surface area (Å²) >= 11 is 1.80. The van der Waals surface area contributed by atoms with Crippen LogP contribution in [0.15, 0.2) is 30.3 Å². The number of hydrogen-bond donors (Lipinski definition) is 2. The van der Waals surface area contributed by atoms with E-state index in [1.54, 1.807) is 11.8 Å². The Morgan fingerprint density at radius 3 is 2.50 bits per heavy atom. The molecule has 1 aromatic carbocycles. The third-order valence-electron chi connectivity index (χ3n) is 2.94. The lowest BCUT2D eigenvalue weighted by Crippen LogP contribution is -2.38. The largest absolute Gasteiger partial charge is 0.391 e. The van der Waals surface area contributed by atoms with Crippen LogP contribution in [0, 0.1) is 5.92 Å². The summed E-state index contributed by atoms with van der Waals surface area (Å²) in [5, 5.41) is 10.00. The molecular formula is C15H25NOS. The third-order valence-corrected chi connectivity index (χ3v) is 4.04. The van der Waals surface area contributed by atoms with Crippen LogP contribution in [0.3, 0.4) is 0 Å². The Morgan fingerprint density at radius 2 is 1.89 bits per heavy atom. The Balaban J connectivity index is 2.22. The average molecular weight is 267 g/mol. The van der Waals surface area contributed by atoms with Gasteiger partial charge in [0.2, 0.25) is 0 Å². The first-order valence-corrected chi connectivity index (χ1v) is 7.80. The van der Waals surface area contributed by atoms with Crippen molar-refractivity contribution in [2.75, 3.05) is 11.5 Å². The van der Waals surface area contributed by atoms with E-state index in [1.165, 1.54) is 12.0 Å². The summed E-state index contributed by atoms with van der Waals surface area (Å²) in [5.74, 6) is 2.57. The molecule has 0 radical (unpaired) electrons. The van der Waals surface area contributed by atoms with Crippen LogP contribution in [0.5, 0.6) is 0 Å². The molecule has 0 amide bonds. The van der Waals surface area contributed by atoms with E-state index in [9.17, 15) is 5.11 Å². The van der Waals surface area contributed by atoms with Crippen molar-refractivity contribution < 1.29 is 5.11 Å². The number of hydrogen-bond acceptors (Lipinski definition) is 3. The monoisotopic (exact) mass is 267 g/mol. The van der Waals surface area contributed by atoms with Crippen LogP contribution in [0.2, 0.25) is 0 Å². The second-order valence-electron chi connectivity index (χ2n) is 5.18. The van der Waals surface area contributed by atoms with E-state index in [4.69, 9.17) is 5.73 Å². The van der Waals surface area contributed by atoms with Gasteiger partial charge in [0.1, 0.15) is 0 Å². The minimum absolute atomic E-state index is 0.168. The van der Waals surface area contributed by atoms with Crippen LogP contribution >= 0.6 is 11.8 Å². The standard InChI is InChI=1S/C15H25NOS/c1-12(2)8-9-18-11-15(17)14(16)10-13-6-4-3-5-7-13/h3-7,12,14-15,17H,8-11,16H2,1-2H3. The molecule has 0 aromatic heterocycles. The highest BCUT2D eigenvalue weighted by atomic mass is 32.2. The summed E-state index contributed by atoms with van der Waals surface area (Å²) in [6.45, 7) is 4.44. The molecule has 18 heavy (non-hydrogen) atoms. The van der Waals surface area contributed by atoms with Gasteiger partial charge in [-0.15, -0.1) is 0 Å². The fourth-order valence-electron chi connectivity index (χ4n) is 1.67. The van der Waals surface area contributed by atoms with Gasteiger partial charge in [-0.1, -0.05) is 44.2 Å². The highest BCUT2D eigenvalue weighted by molar-refractivity contribution is 7.99. The second-order valence-corrected chi connectivity index (χ2v) is 6.33. The minimum Gasteiger partial charge on any atom is -0.391 e. The number of benzene rings is 1. The summed E-state index contributed by atoms with van der Waals surface area (Å²) in [6.07, 6.45) is 1.53. The van der Waals surface area contributed by atoms with Crippen molar-refractivity contribution in [3.05, 3.63) is 35.9 Å². The maximum Gasteiger partial charge on any atom is 0.0784 e. The van der Waals surface area contributed by atoms with Crippen molar-refractivity contribution in [1.82, 2.24) is 0 Å². The van der Waals surface area contributed by atoms with Crippen molar-refractivity contribution in [1.29, 1.82) is 0 Å². The van der Waals surface area contributed by atoms with Crippen LogP contribution < -0.4 is 5.73 Å². The predicted molar refractivity (Wildman–Crippen MR) is 80.9 cm³/mol. The van der Waals surface area contributed by atoms with Crippen molar-refractivity contribution in [3.63, 3.8) is 0 Å². The highest BCUT2D eigenvalue weighted by Crippen LogP contribution is 2.12. The average Bonchev–Trinajstić information content (AvgIpc) is 2.35. The summed E-state index contributed by atoms with van der Waals surface area (Å²) in [7, 11) is 0. The maximum atomic E-state index is 10.00. The van der Waals surface area contributed by atoms with E-state index in [0.29, 0.717) is 0 Å². The molecule has 0 saturated carbocycles. The molecule has 2 nitrogen and oxygen atoms in total. The van der Waals surface area contributed by atoms with Crippen LogP contribution in [-0.4, -0.2) is 28.8 Å². The Hall–Kier alpha value is -0.510. The van der Waals surface area contributed by atoms with Gasteiger partial charge in [0.05, 0.1) is 6.10 Å². The second kappa shape index (κ2) is 8.57. The van der Waals surface area contributed by atoms with Crippen molar-refractivity contribution in [2.45, 2.75) is 38.8 Å². The highest BCUT2D eigenvalue weighted by Gasteiger charge is 2.15. The Labute approximate surface area is 115 Å². The van der Waals surface area contributed by atoms with Gasteiger partial charge in [0.25, 0.3) is 0 Å². The molecule has 0 fully saturated rings. The predicted octanol–water partition coefficient (Wildman–Crippen LogP) is 2.70. The summed E-state index contributed by atoms with van der Waals surface area (Å²) < 4.78 is 0. The van der Waals surface area contributed by atoms with E-state index in [0.717, 1.165) is 23.8 Å². The molecule has 0 spiro atoms. The maximum absolute atomic E-state index is 10.00. The van der Waals surface area contributed by atoms with Crippen LogP contribution in [-0.2, 0) is 6.42 Å². The zero-order valence-electron chi connectivity index (χ0n) is 11.4. The van der Waals surface area contributed by atoms with Gasteiger partial charge < -0.3 is 10.8 Å². The van der Waals surface area contributed by atoms with Gasteiger partial charge >= 0.3 is 0 Å². The molecule has 3 N–H and O–H groups in total. The molecule has 0 heterocycles. The van der Waals surface area contributed by atoms with Crippen LogP contribution in [0.1, 0.15) is 25.8 Å². The van der Waals surface area contributed by atoms with E-state index in [2.05, 4.69) is 26.0 Å². The molecule has 0 aliphatic rings. The van der Waals surface area contributed by atoms with Gasteiger partial charge in [0, 0.05) is 11.8 Å². The molecule has 1 rings (SSSR count). The fourth-order valence-corrected chi connectivity index (χ4v) is 2.96. The third kappa shape index (κ3) is 6.43. The number of aliphatic hydroxyl groups is 1. The van der Waals surface area contributed by atoms with Crippen molar-refractivity contribution in [3.8, 4) is 0 Å². The summed E-state index contributed by atoms with van der Waals surface area (Å²) in [5.41, 5.74) is 7.22. The van der Waals surface area contributed by atoms with Gasteiger partial charge in [-0.3, -0.25) is 0 Å². The quantitative estimate of drug-likeness (QED) is 0.712. The van der Waals surface area contributed by atoms with Gasteiger partial charge in [-0.05, 0) is 30.1 Å². The molecule has 0 saturated heterocycles. The molecule has 3 heteroatoms. The first-order valence-electron chi connectivity index (χ1n) is 6.65. The first-order chi connectivity index (χ1) is 8.59. The molecule has 2 atom stereocenters. The smallest absolute Gasteiger partial charge is 0.0784 e. The van der Waals surface area contributed by atoms with Crippen LogP contribution in [0.25, 0.3) is 0 Å². The Morgan fingerprint density at radius 1 is 1.22 bits per heavy atom. The zero-order valence-corrected chi connectivity index (χ0v) is 12.2. The number of rotatable bonds is 8. The topological polar surface area (TPSA) is 46.2 Å². The van der Waals surface area contributed by atoms with Crippen molar-refractivity contribution in [2.24, 2.45) is 11.7 Å². The molecule has 1 aromatic rings. The molecule has 0 bridgehead atoms. The molecule has 2 unspecified atom stereocenters. The van der Waals surface area contributed by atoms with E-state index in [-0.39, 0.29) is 6.04 Å². The molecule has 0 aliphatic heterocycles. The van der Waals surface area contributed by atoms with Gasteiger partial charge in [-0.25, -0.2) is 0 Å². The fraction of sp³-hybridized carbons (Fsp3) is 0.600. The van der Waals surface area contributed by atoms with E-state index >= 15 is 0 Å². The molecule has 102 valence electrons. The lowest BCUT2D eigenvalue weighted by atomic mass is 10.0. The molecular weight excluding hydrogens is 242 g/mol. The lowest BCUT2D eigenvalue weighted by Gasteiger charge is -2.18. The van der Waals surface area contributed by atoms with E-state index < -0.39 is 6.10 Å². The zero-order chi connectivity index (χ0) is 13.4. The summed E-state index contributed by atoms with van der Waals surface area (Å²) in [4.78, 5) is 0. The SMILES string of the molecule is CC(C)CCSCC(O)C(N)Cc1ccccc1. The number of thioether (sulfide) groups is 1.